The first-order valence-corrected chi connectivity index (χ1v) is 10.4. The van der Waals surface area contributed by atoms with Crippen molar-refractivity contribution in [3.63, 3.8) is 0 Å². The zero-order chi connectivity index (χ0) is 25.2. The summed E-state index contributed by atoms with van der Waals surface area (Å²) in [5.41, 5.74) is 4.16. The fourth-order valence-corrected chi connectivity index (χ4v) is 3.33. The second-order valence-corrected chi connectivity index (χ2v) is 7.62. The lowest BCUT2D eigenvalue weighted by atomic mass is 10.1. The number of aromatic nitrogens is 1. The van der Waals surface area contributed by atoms with Crippen LogP contribution in [0.25, 0.3) is 0 Å². The van der Waals surface area contributed by atoms with Crippen molar-refractivity contribution in [1.82, 2.24) is 4.98 Å². The number of hydrogen-bond donors (Lipinski definition) is 2. The molecule has 1 aliphatic heterocycles. The number of hydrazone groups is 1. The number of carbonyl (C=O) groups excluding carboxylic acids is 1. The van der Waals surface area contributed by atoms with Crippen molar-refractivity contribution >= 4 is 40.9 Å². The molecule has 7 nitrogen and oxygen atoms in total. The van der Waals surface area contributed by atoms with E-state index in [2.05, 4.69) is 15.4 Å². The fraction of sp³-hybridized carbons (Fsp3) is 0.0870. The van der Waals surface area contributed by atoms with Crippen molar-refractivity contribution in [1.29, 1.82) is 0 Å². The van der Waals surface area contributed by atoms with Gasteiger partial charge in [0.05, 0.1) is 29.6 Å². The number of carbonyl (C=O) groups is 1. The highest BCUT2D eigenvalue weighted by Gasteiger charge is 2.40. The fourth-order valence-electron chi connectivity index (χ4n) is 3.18. The first-order valence-electron chi connectivity index (χ1n) is 9.99. The van der Waals surface area contributed by atoms with Gasteiger partial charge in [0, 0.05) is 24.0 Å². The Kier molecular flexibility index (Phi) is 6.61. The summed E-state index contributed by atoms with van der Waals surface area (Å²) < 4.78 is 61.2. The van der Waals surface area contributed by atoms with Gasteiger partial charge in [0.15, 0.2) is 17.3 Å². The number of amides is 1. The van der Waals surface area contributed by atoms with Crippen LogP contribution >= 0.6 is 11.6 Å². The molecule has 0 unspecified atom stereocenters. The van der Waals surface area contributed by atoms with Crippen molar-refractivity contribution in [3.8, 4) is 11.5 Å². The largest absolute Gasteiger partial charge is 0.453 e. The first-order chi connectivity index (χ1) is 16.6. The Hall–Kier alpha value is -4.12. The number of anilines is 3. The van der Waals surface area contributed by atoms with Crippen molar-refractivity contribution in [2.24, 2.45) is 5.10 Å². The van der Waals surface area contributed by atoms with Crippen molar-refractivity contribution in [2.45, 2.75) is 6.18 Å². The number of nitrogens with one attached hydrogen (secondary N) is 1. The summed E-state index contributed by atoms with van der Waals surface area (Å²) in [5, 5.41) is 7.34. The van der Waals surface area contributed by atoms with E-state index in [0.29, 0.717) is 5.69 Å². The van der Waals surface area contributed by atoms with Crippen molar-refractivity contribution in [3.05, 3.63) is 82.8 Å². The van der Waals surface area contributed by atoms with Gasteiger partial charge in [0.25, 0.3) is 5.91 Å². The highest BCUT2D eigenvalue weighted by molar-refractivity contribution is 6.34. The van der Waals surface area contributed by atoms with Gasteiger partial charge in [-0.1, -0.05) is 29.8 Å². The summed E-state index contributed by atoms with van der Waals surface area (Å²) in [6.45, 7) is -0.663. The van der Waals surface area contributed by atoms with Crippen LogP contribution in [0.3, 0.4) is 0 Å². The van der Waals surface area contributed by atoms with E-state index in [-0.39, 0.29) is 28.0 Å². The van der Waals surface area contributed by atoms with Gasteiger partial charge in [-0.2, -0.15) is 18.3 Å². The zero-order valence-corrected chi connectivity index (χ0v) is 18.4. The Bertz CT molecular complexity index is 1330. The minimum atomic E-state index is -4.79. The van der Waals surface area contributed by atoms with Crippen LogP contribution in [0, 0.1) is 5.82 Å². The topological polar surface area (TPSA) is 92.8 Å². The normalized spacial score (nSPS) is 13.7. The molecule has 0 spiro atoms. The molecule has 1 amide bonds. The molecule has 0 saturated carbocycles. The van der Waals surface area contributed by atoms with Gasteiger partial charge in [0.1, 0.15) is 10.8 Å². The van der Waals surface area contributed by atoms with Gasteiger partial charge < -0.3 is 15.8 Å². The monoisotopic (exact) mass is 505 g/mol. The number of nitrogens with zero attached hydrogens (tertiary/aromatic N) is 3. The van der Waals surface area contributed by atoms with Gasteiger partial charge in [-0.05, 0) is 24.3 Å². The van der Waals surface area contributed by atoms with Crippen LogP contribution < -0.4 is 20.8 Å². The summed E-state index contributed by atoms with van der Waals surface area (Å²) in [7, 11) is 0. The number of nitrogens with two attached hydrogens (primary N) is 1. The van der Waals surface area contributed by atoms with E-state index in [1.54, 1.807) is 30.3 Å². The first kappa shape index (κ1) is 24.0. The van der Waals surface area contributed by atoms with E-state index in [1.165, 1.54) is 24.4 Å². The van der Waals surface area contributed by atoms with E-state index < -0.39 is 35.6 Å². The molecule has 0 saturated heterocycles. The van der Waals surface area contributed by atoms with Gasteiger partial charge in [-0.25, -0.2) is 9.37 Å². The lowest BCUT2D eigenvalue weighted by molar-refractivity contribution is -0.114. The third kappa shape index (κ3) is 5.35. The molecule has 3 aromatic rings. The number of halogens is 5. The van der Waals surface area contributed by atoms with Crippen LogP contribution in [0.2, 0.25) is 5.02 Å². The maximum atomic E-state index is 14.6. The van der Waals surface area contributed by atoms with Crippen LogP contribution in [-0.4, -0.2) is 29.8 Å². The molecule has 180 valence electrons. The van der Waals surface area contributed by atoms with E-state index in [0.717, 1.165) is 17.3 Å². The van der Waals surface area contributed by atoms with Gasteiger partial charge >= 0.3 is 6.18 Å². The summed E-state index contributed by atoms with van der Waals surface area (Å²) in [4.78, 5) is 16.4. The molecule has 1 aromatic heterocycles. The molecule has 1 aliphatic rings. The maximum Gasteiger partial charge on any atom is 0.415 e. The predicted octanol–water partition coefficient (Wildman–Crippen LogP) is 5.55. The third-order valence-electron chi connectivity index (χ3n) is 4.89. The van der Waals surface area contributed by atoms with Gasteiger partial charge in [0.2, 0.25) is 0 Å². The molecule has 0 bridgehead atoms. The Morgan fingerprint density at radius 1 is 1.11 bits per heavy atom. The Labute approximate surface area is 201 Å². The second kappa shape index (κ2) is 9.63. The van der Waals surface area contributed by atoms with Crippen LogP contribution in [0.4, 0.5) is 34.8 Å². The van der Waals surface area contributed by atoms with Crippen LogP contribution in [-0.2, 0) is 4.79 Å². The Morgan fingerprint density at radius 3 is 2.54 bits per heavy atom. The Morgan fingerprint density at radius 2 is 1.86 bits per heavy atom. The standard InChI is InChI=1S/C23H16ClF4N5O2/c24-20-19(8-9-30-21(20)29)35-18-7-6-13(10-17(18)25)32-22(34)15-11-31-33(12-16(15)23(26,27)28)14-4-2-1-3-5-14/h1-11H,12H2,(H2,29,30)(H,32,34). The molecule has 2 aromatic carbocycles. The second-order valence-electron chi connectivity index (χ2n) is 7.24. The van der Waals surface area contributed by atoms with Crippen LogP contribution in [0.15, 0.2) is 77.0 Å². The number of ether oxygens (including phenoxy) is 1. The minimum absolute atomic E-state index is 0.0119. The SMILES string of the molecule is Nc1nccc(Oc2ccc(NC(=O)C3=C(C(F)(F)F)CN(c4ccccc4)N=C3)cc2F)c1Cl. The summed E-state index contributed by atoms with van der Waals surface area (Å²) in [6, 6.07) is 12.9. The quantitative estimate of drug-likeness (QED) is 0.443. The van der Waals surface area contributed by atoms with Gasteiger partial charge in [-0.3, -0.25) is 9.80 Å². The molecule has 2 heterocycles. The third-order valence-corrected chi connectivity index (χ3v) is 5.27. The molecular weight excluding hydrogens is 490 g/mol. The molecule has 0 aliphatic carbocycles. The number of alkyl halides is 3. The number of benzene rings is 2. The number of para-hydroxylation sites is 1. The Balaban J connectivity index is 1.54. The lowest BCUT2D eigenvalue weighted by Gasteiger charge is -2.27. The average molecular weight is 506 g/mol. The molecule has 4 rings (SSSR count). The lowest BCUT2D eigenvalue weighted by Crippen LogP contribution is -2.34. The number of hydrogen-bond acceptors (Lipinski definition) is 6. The smallest absolute Gasteiger partial charge is 0.415 e. The number of nitrogen functional groups attached to an aromatic ring is 1. The average Bonchev–Trinajstić information content (AvgIpc) is 2.83. The molecule has 0 radical (unpaired) electrons. The zero-order valence-electron chi connectivity index (χ0n) is 17.7. The van der Waals surface area contributed by atoms with E-state index in [9.17, 15) is 22.4 Å². The van der Waals surface area contributed by atoms with Crippen LogP contribution in [0.1, 0.15) is 0 Å². The minimum Gasteiger partial charge on any atom is -0.453 e. The van der Waals surface area contributed by atoms with Crippen molar-refractivity contribution in [2.75, 3.05) is 22.6 Å². The van der Waals surface area contributed by atoms with E-state index >= 15 is 0 Å². The molecular formula is C23H16ClF4N5O2. The summed E-state index contributed by atoms with van der Waals surface area (Å²) >= 11 is 5.98. The van der Waals surface area contributed by atoms with E-state index in [4.69, 9.17) is 22.1 Å². The number of pyridine rings is 1. The molecule has 0 atom stereocenters. The van der Waals surface area contributed by atoms with E-state index in [1.807, 2.05) is 0 Å². The highest BCUT2D eigenvalue weighted by atomic mass is 35.5. The predicted molar refractivity (Wildman–Crippen MR) is 124 cm³/mol. The van der Waals surface area contributed by atoms with Gasteiger partial charge in [-0.15, -0.1) is 0 Å². The molecule has 12 heteroatoms. The molecule has 3 N–H and O–H groups in total. The number of rotatable bonds is 5. The molecule has 35 heavy (non-hydrogen) atoms. The molecule has 0 fully saturated rings. The summed E-state index contributed by atoms with van der Waals surface area (Å²) in [6.07, 6.45) is -2.64. The summed E-state index contributed by atoms with van der Waals surface area (Å²) in [5.74, 6) is -2.19. The highest BCUT2D eigenvalue weighted by Crippen LogP contribution is 2.35. The maximum absolute atomic E-state index is 14.6. The van der Waals surface area contributed by atoms with Crippen molar-refractivity contribution < 1.29 is 27.1 Å². The van der Waals surface area contributed by atoms with Crippen LogP contribution in [0.5, 0.6) is 11.5 Å².